The minimum Gasteiger partial charge on any atom is -0.309 e. The fourth-order valence-electron chi connectivity index (χ4n) is 2.28. The van der Waals surface area contributed by atoms with Gasteiger partial charge in [-0.1, -0.05) is 40.9 Å². The zero-order valence-corrected chi connectivity index (χ0v) is 12.7. The van der Waals surface area contributed by atoms with Crippen molar-refractivity contribution in [3.63, 3.8) is 0 Å². The van der Waals surface area contributed by atoms with Crippen molar-refractivity contribution in [2.75, 3.05) is 7.05 Å². The van der Waals surface area contributed by atoms with E-state index in [1.807, 2.05) is 7.05 Å². The van der Waals surface area contributed by atoms with Crippen molar-refractivity contribution >= 4 is 22.9 Å². The molecule has 18 heavy (non-hydrogen) atoms. The van der Waals surface area contributed by atoms with Crippen LogP contribution in [0.2, 0.25) is 4.34 Å². The van der Waals surface area contributed by atoms with Crippen LogP contribution in [0.15, 0.2) is 24.3 Å². The molecule has 1 aromatic heterocycles. The first-order valence-electron chi connectivity index (χ1n) is 6.02. The third-order valence-corrected chi connectivity index (χ3v) is 4.65. The van der Waals surface area contributed by atoms with Gasteiger partial charge < -0.3 is 5.32 Å². The second kappa shape index (κ2) is 5.43. The first-order chi connectivity index (χ1) is 8.51. The van der Waals surface area contributed by atoms with Crippen LogP contribution in [0.1, 0.15) is 33.2 Å². The van der Waals surface area contributed by atoms with Crippen molar-refractivity contribution in [2.45, 2.75) is 26.8 Å². The van der Waals surface area contributed by atoms with Crippen molar-refractivity contribution in [3.05, 3.63) is 55.7 Å². The molecule has 0 spiro atoms. The van der Waals surface area contributed by atoms with Gasteiger partial charge in [-0.2, -0.15) is 0 Å². The van der Waals surface area contributed by atoms with E-state index in [1.165, 1.54) is 21.6 Å². The lowest BCUT2D eigenvalue weighted by Crippen LogP contribution is -2.16. The second-order valence-corrected chi connectivity index (χ2v) is 6.43. The van der Waals surface area contributed by atoms with E-state index in [4.69, 9.17) is 11.6 Å². The molecule has 0 saturated heterocycles. The van der Waals surface area contributed by atoms with Crippen molar-refractivity contribution in [1.82, 2.24) is 5.32 Å². The number of thiophene rings is 1. The molecule has 1 N–H and O–H groups in total. The Morgan fingerprint density at radius 3 is 2.11 bits per heavy atom. The van der Waals surface area contributed by atoms with Crippen LogP contribution in [0.5, 0.6) is 0 Å². The Morgan fingerprint density at radius 2 is 1.67 bits per heavy atom. The minimum atomic E-state index is 0.222. The van der Waals surface area contributed by atoms with E-state index in [2.05, 4.69) is 50.4 Å². The number of rotatable bonds is 3. The summed E-state index contributed by atoms with van der Waals surface area (Å²) in [4.78, 5) is 1.27. The normalized spacial score (nSPS) is 12.7. The highest BCUT2D eigenvalue weighted by molar-refractivity contribution is 7.16. The molecule has 96 valence electrons. The largest absolute Gasteiger partial charge is 0.309 e. The molecule has 0 saturated carbocycles. The van der Waals surface area contributed by atoms with Gasteiger partial charge in [0.2, 0.25) is 0 Å². The first kappa shape index (κ1) is 13.6. The summed E-state index contributed by atoms with van der Waals surface area (Å²) < 4.78 is 0.884. The van der Waals surface area contributed by atoms with Crippen LogP contribution in [0, 0.1) is 20.8 Å². The van der Waals surface area contributed by atoms with Crippen molar-refractivity contribution in [2.24, 2.45) is 0 Å². The number of nitrogens with one attached hydrogen (secondary N) is 1. The van der Waals surface area contributed by atoms with Gasteiger partial charge in [0, 0.05) is 4.88 Å². The fraction of sp³-hybridized carbons (Fsp3) is 0.333. The zero-order valence-electron chi connectivity index (χ0n) is 11.2. The van der Waals surface area contributed by atoms with Gasteiger partial charge in [0.15, 0.2) is 0 Å². The molecule has 1 atom stereocenters. The highest BCUT2D eigenvalue weighted by Crippen LogP contribution is 2.34. The summed E-state index contributed by atoms with van der Waals surface area (Å²) >= 11 is 7.83. The molecular formula is C15H18ClNS. The van der Waals surface area contributed by atoms with E-state index in [-0.39, 0.29) is 6.04 Å². The smallest absolute Gasteiger partial charge is 0.0961 e. The topological polar surface area (TPSA) is 12.0 Å². The summed E-state index contributed by atoms with van der Waals surface area (Å²) in [7, 11) is 1.99. The Morgan fingerprint density at radius 1 is 1.06 bits per heavy atom. The van der Waals surface area contributed by atoms with E-state index in [0.717, 1.165) is 9.90 Å². The molecule has 2 aromatic rings. The van der Waals surface area contributed by atoms with Gasteiger partial charge in [0.05, 0.1) is 10.4 Å². The Hall–Kier alpha value is -0.830. The zero-order chi connectivity index (χ0) is 13.3. The van der Waals surface area contributed by atoms with E-state index in [0.29, 0.717) is 0 Å². The molecule has 0 fully saturated rings. The molecule has 0 amide bonds. The third-order valence-electron chi connectivity index (χ3n) is 3.03. The van der Waals surface area contributed by atoms with Crippen LogP contribution < -0.4 is 5.32 Å². The van der Waals surface area contributed by atoms with Gasteiger partial charge in [-0.3, -0.25) is 0 Å². The fourth-order valence-corrected chi connectivity index (χ4v) is 3.63. The predicted molar refractivity (Wildman–Crippen MR) is 80.9 cm³/mol. The Labute approximate surface area is 118 Å². The number of halogens is 1. The van der Waals surface area contributed by atoms with Gasteiger partial charge in [-0.25, -0.2) is 0 Å². The maximum Gasteiger partial charge on any atom is 0.0961 e. The molecule has 3 heteroatoms. The lowest BCUT2D eigenvalue weighted by Gasteiger charge is -2.16. The molecule has 1 nitrogen and oxygen atoms in total. The number of hydrogen-bond acceptors (Lipinski definition) is 2. The Kier molecular flexibility index (Phi) is 4.10. The molecular weight excluding hydrogens is 262 g/mol. The van der Waals surface area contributed by atoms with Gasteiger partial charge in [-0.05, 0) is 45.0 Å². The van der Waals surface area contributed by atoms with Gasteiger partial charge >= 0.3 is 0 Å². The molecule has 0 aliphatic carbocycles. The maximum atomic E-state index is 6.17. The van der Waals surface area contributed by atoms with Crippen LogP contribution in [0.25, 0.3) is 0 Å². The molecule has 0 radical (unpaired) electrons. The molecule has 0 aliphatic rings. The maximum absolute atomic E-state index is 6.17. The van der Waals surface area contributed by atoms with Crippen LogP contribution in [-0.4, -0.2) is 7.05 Å². The summed E-state index contributed by atoms with van der Waals surface area (Å²) in [6, 6.07) is 9.06. The van der Waals surface area contributed by atoms with E-state index < -0.39 is 0 Å². The van der Waals surface area contributed by atoms with E-state index in [9.17, 15) is 0 Å². The van der Waals surface area contributed by atoms with Crippen LogP contribution in [0.4, 0.5) is 0 Å². The van der Waals surface area contributed by atoms with Crippen LogP contribution in [-0.2, 0) is 0 Å². The van der Waals surface area contributed by atoms with Gasteiger partial charge in [0.1, 0.15) is 0 Å². The first-order valence-corrected chi connectivity index (χ1v) is 7.22. The summed E-state index contributed by atoms with van der Waals surface area (Å²) in [6.45, 7) is 6.32. The summed E-state index contributed by atoms with van der Waals surface area (Å²) in [6.07, 6.45) is 0. The molecule has 1 aromatic carbocycles. The second-order valence-electron chi connectivity index (χ2n) is 4.75. The standard InChI is InChI=1S/C15H18ClNS/c1-9-5-10(2)7-12(6-9)14(17-4)13-8-11(3)15(16)18-13/h5-8,14,17H,1-4H3. The lowest BCUT2D eigenvalue weighted by atomic mass is 10.00. The molecule has 1 unspecified atom stereocenters. The van der Waals surface area contributed by atoms with Crippen LogP contribution in [0.3, 0.4) is 0 Å². The average molecular weight is 280 g/mol. The van der Waals surface area contributed by atoms with E-state index >= 15 is 0 Å². The van der Waals surface area contributed by atoms with E-state index in [1.54, 1.807) is 11.3 Å². The number of benzene rings is 1. The Balaban J connectivity index is 2.44. The molecule has 2 rings (SSSR count). The molecule has 1 heterocycles. The molecule has 0 bridgehead atoms. The Bertz CT molecular complexity index is 520. The number of hydrogen-bond donors (Lipinski definition) is 1. The monoisotopic (exact) mass is 279 g/mol. The summed E-state index contributed by atoms with van der Waals surface area (Å²) in [5.74, 6) is 0. The molecule has 0 aliphatic heterocycles. The average Bonchev–Trinajstić information content (AvgIpc) is 2.58. The quantitative estimate of drug-likeness (QED) is 0.863. The van der Waals surface area contributed by atoms with Gasteiger partial charge in [-0.15, -0.1) is 11.3 Å². The van der Waals surface area contributed by atoms with Crippen LogP contribution >= 0.6 is 22.9 Å². The van der Waals surface area contributed by atoms with Gasteiger partial charge in [0.25, 0.3) is 0 Å². The third kappa shape index (κ3) is 2.77. The van der Waals surface area contributed by atoms with Crippen molar-refractivity contribution < 1.29 is 0 Å². The summed E-state index contributed by atoms with van der Waals surface area (Å²) in [5, 5.41) is 3.38. The van der Waals surface area contributed by atoms with Crippen molar-refractivity contribution in [1.29, 1.82) is 0 Å². The minimum absolute atomic E-state index is 0.222. The number of aryl methyl sites for hydroxylation is 3. The predicted octanol–water partition coefficient (Wildman–Crippen LogP) is 4.64. The summed E-state index contributed by atoms with van der Waals surface area (Å²) in [5.41, 5.74) is 5.04. The highest BCUT2D eigenvalue weighted by Gasteiger charge is 2.16. The van der Waals surface area contributed by atoms with Crippen molar-refractivity contribution in [3.8, 4) is 0 Å². The SMILES string of the molecule is CNC(c1cc(C)cc(C)c1)c1cc(C)c(Cl)s1. The lowest BCUT2D eigenvalue weighted by molar-refractivity contribution is 0.702. The highest BCUT2D eigenvalue weighted by atomic mass is 35.5.